The van der Waals surface area contributed by atoms with Gasteiger partial charge in [0.15, 0.2) is 11.5 Å². The van der Waals surface area contributed by atoms with E-state index in [2.05, 4.69) is 20.2 Å². The number of hydrogen-bond acceptors (Lipinski definition) is 7. The molecule has 0 unspecified atom stereocenters. The van der Waals surface area contributed by atoms with Crippen molar-refractivity contribution < 1.29 is 14.2 Å². The molecule has 24 heavy (non-hydrogen) atoms. The number of benzene rings is 1. The molecule has 7 nitrogen and oxygen atoms in total. The Balaban J connectivity index is 1.56. The molecule has 2 aromatic rings. The van der Waals surface area contributed by atoms with Gasteiger partial charge in [-0.3, -0.25) is 0 Å². The highest BCUT2D eigenvalue weighted by Gasteiger charge is 2.15. The minimum absolute atomic E-state index is 0.574. The Kier molecular flexibility index (Phi) is 4.08. The van der Waals surface area contributed by atoms with Gasteiger partial charge in [0.25, 0.3) is 0 Å². The van der Waals surface area contributed by atoms with Gasteiger partial charge in [-0.2, -0.15) is 0 Å². The van der Waals surface area contributed by atoms with Crippen molar-refractivity contribution in [3.63, 3.8) is 0 Å². The fourth-order valence-corrected chi connectivity index (χ4v) is 2.84. The topological polar surface area (TPSA) is 68.7 Å². The quantitative estimate of drug-likeness (QED) is 0.925. The number of fused-ring (bicyclic) bond motifs is 1. The smallest absolute Gasteiger partial charge is 0.163 e. The third-order valence-electron chi connectivity index (χ3n) is 3.97. The third-order valence-corrected chi connectivity index (χ3v) is 3.97. The summed E-state index contributed by atoms with van der Waals surface area (Å²) in [6.45, 7) is 6.22. The first-order valence-corrected chi connectivity index (χ1v) is 8.13. The largest absolute Gasteiger partial charge is 0.486 e. The standard InChI is InChI=1S/C17H20N4O3/c1-12-18-16(11-17(19-12)21-4-6-22-7-5-21)20-13-2-3-14-15(10-13)24-9-8-23-14/h2-3,10-11H,4-9H2,1H3,(H,18,19,20). The summed E-state index contributed by atoms with van der Waals surface area (Å²) < 4.78 is 16.6. The molecule has 0 spiro atoms. The Bertz CT molecular complexity index is 732. The normalized spacial score (nSPS) is 16.8. The van der Waals surface area contributed by atoms with Gasteiger partial charge in [-0.1, -0.05) is 0 Å². The number of ether oxygens (including phenoxy) is 3. The summed E-state index contributed by atoms with van der Waals surface area (Å²) in [5.74, 6) is 3.95. The third kappa shape index (κ3) is 3.21. The van der Waals surface area contributed by atoms with Crippen LogP contribution in [0.3, 0.4) is 0 Å². The maximum Gasteiger partial charge on any atom is 0.163 e. The van der Waals surface area contributed by atoms with Crippen molar-refractivity contribution >= 4 is 17.3 Å². The van der Waals surface area contributed by atoms with E-state index in [0.29, 0.717) is 13.2 Å². The molecule has 0 aliphatic carbocycles. The zero-order valence-electron chi connectivity index (χ0n) is 13.6. The highest BCUT2D eigenvalue weighted by atomic mass is 16.6. The summed E-state index contributed by atoms with van der Waals surface area (Å²) in [6, 6.07) is 7.77. The number of rotatable bonds is 3. The molecule has 0 saturated carbocycles. The number of aryl methyl sites for hydroxylation is 1. The van der Waals surface area contributed by atoms with E-state index in [9.17, 15) is 0 Å². The Labute approximate surface area is 140 Å². The summed E-state index contributed by atoms with van der Waals surface area (Å²) in [5, 5.41) is 3.33. The van der Waals surface area contributed by atoms with Crippen LogP contribution >= 0.6 is 0 Å². The van der Waals surface area contributed by atoms with Crippen LogP contribution in [-0.2, 0) is 4.74 Å². The van der Waals surface area contributed by atoms with E-state index in [1.165, 1.54) is 0 Å². The molecule has 2 aliphatic heterocycles. The van der Waals surface area contributed by atoms with Crippen LogP contribution in [0.5, 0.6) is 11.5 Å². The van der Waals surface area contributed by atoms with Crippen molar-refractivity contribution in [3.05, 3.63) is 30.1 Å². The lowest BCUT2D eigenvalue weighted by Crippen LogP contribution is -2.36. The average molecular weight is 328 g/mol. The van der Waals surface area contributed by atoms with Gasteiger partial charge >= 0.3 is 0 Å². The van der Waals surface area contributed by atoms with Crippen molar-refractivity contribution in [2.75, 3.05) is 49.7 Å². The van der Waals surface area contributed by atoms with E-state index in [-0.39, 0.29) is 0 Å². The first-order valence-electron chi connectivity index (χ1n) is 8.13. The molecule has 0 bridgehead atoms. The fourth-order valence-electron chi connectivity index (χ4n) is 2.84. The molecule has 2 aliphatic rings. The Morgan fingerprint density at radius 3 is 2.58 bits per heavy atom. The average Bonchev–Trinajstić information content (AvgIpc) is 2.62. The van der Waals surface area contributed by atoms with Gasteiger partial charge in [-0.05, 0) is 19.1 Å². The molecule has 0 amide bonds. The summed E-state index contributed by atoms with van der Waals surface area (Å²) in [7, 11) is 0. The highest BCUT2D eigenvalue weighted by molar-refractivity contribution is 5.63. The van der Waals surface area contributed by atoms with Crippen LogP contribution in [0.1, 0.15) is 5.82 Å². The minimum Gasteiger partial charge on any atom is -0.486 e. The van der Waals surface area contributed by atoms with Crippen molar-refractivity contribution in [1.29, 1.82) is 0 Å². The van der Waals surface area contributed by atoms with Crippen molar-refractivity contribution in [2.45, 2.75) is 6.92 Å². The van der Waals surface area contributed by atoms with Crippen molar-refractivity contribution in [1.82, 2.24) is 9.97 Å². The monoisotopic (exact) mass is 328 g/mol. The molecule has 1 aromatic carbocycles. The van der Waals surface area contributed by atoms with Crippen LogP contribution in [-0.4, -0.2) is 49.5 Å². The molecule has 7 heteroatoms. The van der Waals surface area contributed by atoms with Crippen molar-refractivity contribution in [2.24, 2.45) is 0 Å². The summed E-state index contributed by atoms with van der Waals surface area (Å²) in [5.41, 5.74) is 0.908. The molecular weight excluding hydrogens is 308 g/mol. The minimum atomic E-state index is 0.574. The van der Waals surface area contributed by atoms with Gasteiger partial charge in [0.2, 0.25) is 0 Å². The number of nitrogens with zero attached hydrogens (tertiary/aromatic N) is 3. The summed E-state index contributed by atoms with van der Waals surface area (Å²) in [4.78, 5) is 11.2. The van der Waals surface area contributed by atoms with Crippen LogP contribution in [0, 0.1) is 6.92 Å². The lowest BCUT2D eigenvalue weighted by Gasteiger charge is -2.28. The second kappa shape index (κ2) is 6.52. The van der Waals surface area contributed by atoms with Crippen LogP contribution < -0.4 is 19.7 Å². The predicted molar refractivity (Wildman–Crippen MR) is 90.5 cm³/mol. The van der Waals surface area contributed by atoms with E-state index in [0.717, 1.165) is 60.9 Å². The molecule has 1 saturated heterocycles. The first kappa shape index (κ1) is 15.0. The molecule has 1 N–H and O–H groups in total. The van der Waals surface area contributed by atoms with Gasteiger partial charge in [0.05, 0.1) is 13.2 Å². The zero-order valence-corrected chi connectivity index (χ0v) is 13.6. The predicted octanol–water partition coefficient (Wildman–Crippen LogP) is 2.14. The van der Waals surface area contributed by atoms with Gasteiger partial charge in [-0.15, -0.1) is 0 Å². The fraction of sp³-hybridized carbons (Fsp3) is 0.412. The highest BCUT2D eigenvalue weighted by Crippen LogP contribution is 2.33. The SMILES string of the molecule is Cc1nc(Nc2ccc3c(c2)OCCO3)cc(N2CCOCC2)n1. The molecule has 1 aromatic heterocycles. The van der Waals surface area contributed by atoms with E-state index >= 15 is 0 Å². The van der Waals surface area contributed by atoms with Crippen LogP contribution in [0.15, 0.2) is 24.3 Å². The molecular formula is C17H20N4O3. The maximum absolute atomic E-state index is 5.62. The lowest BCUT2D eigenvalue weighted by atomic mass is 10.2. The number of aromatic nitrogens is 2. The second-order valence-corrected chi connectivity index (χ2v) is 5.74. The van der Waals surface area contributed by atoms with Crippen LogP contribution in [0.25, 0.3) is 0 Å². The van der Waals surface area contributed by atoms with E-state index < -0.39 is 0 Å². The Morgan fingerprint density at radius 1 is 0.958 bits per heavy atom. The Morgan fingerprint density at radius 2 is 1.75 bits per heavy atom. The Hall–Kier alpha value is -2.54. The lowest BCUT2D eigenvalue weighted by molar-refractivity contribution is 0.122. The van der Waals surface area contributed by atoms with E-state index in [4.69, 9.17) is 14.2 Å². The maximum atomic E-state index is 5.62. The number of morpholine rings is 1. The molecule has 3 heterocycles. The molecule has 1 fully saturated rings. The van der Waals surface area contributed by atoms with Gasteiger partial charge in [0, 0.05) is 30.9 Å². The molecule has 0 radical (unpaired) electrons. The second-order valence-electron chi connectivity index (χ2n) is 5.74. The van der Waals surface area contributed by atoms with Crippen molar-refractivity contribution in [3.8, 4) is 11.5 Å². The van der Waals surface area contributed by atoms with Crippen LogP contribution in [0.2, 0.25) is 0 Å². The number of anilines is 3. The molecule has 4 rings (SSSR count). The molecule has 0 atom stereocenters. The summed E-state index contributed by atoms with van der Waals surface area (Å²) in [6.07, 6.45) is 0. The van der Waals surface area contributed by atoms with Gasteiger partial charge < -0.3 is 24.4 Å². The van der Waals surface area contributed by atoms with Gasteiger partial charge in [-0.25, -0.2) is 9.97 Å². The molecule has 126 valence electrons. The van der Waals surface area contributed by atoms with E-state index in [1.54, 1.807) is 0 Å². The van der Waals surface area contributed by atoms with E-state index in [1.807, 2.05) is 31.2 Å². The first-order chi connectivity index (χ1) is 11.8. The summed E-state index contributed by atoms with van der Waals surface area (Å²) >= 11 is 0. The number of nitrogens with one attached hydrogen (secondary N) is 1. The number of hydrogen-bond donors (Lipinski definition) is 1. The van der Waals surface area contributed by atoms with Crippen LogP contribution in [0.4, 0.5) is 17.3 Å². The van der Waals surface area contributed by atoms with Gasteiger partial charge in [0.1, 0.15) is 30.7 Å². The zero-order chi connectivity index (χ0) is 16.4.